The quantitative estimate of drug-likeness (QED) is 0.728. The Hall–Kier alpha value is -1.51. The molecule has 0 bridgehead atoms. The zero-order valence-corrected chi connectivity index (χ0v) is 9.69. The molecule has 0 amide bonds. The van der Waals surface area contributed by atoms with Gasteiger partial charge in [0.2, 0.25) is 0 Å². The molecule has 0 saturated carbocycles. The van der Waals surface area contributed by atoms with E-state index in [1.165, 1.54) is 24.8 Å². The number of hydrogen-bond donors (Lipinski definition) is 0. The van der Waals surface area contributed by atoms with Gasteiger partial charge >= 0.3 is 0 Å². The Balaban J connectivity index is 2.10. The van der Waals surface area contributed by atoms with E-state index in [1.54, 1.807) is 0 Å². The lowest BCUT2D eigenvalue weighted by atomic mass is 10.2. The summed E-state index contributed by atoms with van der Waals surface area (Å²) in [5.41, 5.74) is 2.34. The topological polar surface area (TPSA) is 21.1 Å². The molecule has 1 saturated heterocycles. The predicted octanol–water partition coefficient (Wildman–Crippen LogP) is 2.47. The highest BCUT2D eigenvalue weighted by molar-refractivity contribution is 5.76. The second kappa shape index (κ2) is 3.81. The van der Waals surface area contributed by atoms with Crippen molar-refractivity contribution >= 4 is 11.0 Å². The second-order valence-electron chi connectivity index (χ2n) is 4.47. The van der Waals surface area contributed by atoms with Gasteiger partial charge in [-0.25, -0.2) is 9.66 Å². The van der Waals surface area contributed by atoms with Crippen LogP contribution in [0.25, 0.3) is 11.0 Å². The number of aryl methyl sites for hydroxylation is 1. The molecule has 1 aromatic heterocycles. The predicted molar refractivity (Wildman–Crippen MR) is 66.3 cm³/mol. The van der Waals surface area contributed by atoms with Gasteiger partial charge in [-0.3, -0.25) is 0 Å². The first kappa shape index (κ1) is 9.70. The van der Waals surface area contributed by atoms with Crippen molar-refractivity contribution in [3.63, 3.8) is 0 Å². The van der Waals surface area contributed by atoms with Gasteiger partial charge in [0, 0.05) is 13.1 Å². The van der Waals surface area contributed by atoms with Crippen molar-refractivity contribution in [2.45, 2.75) is 26.2 Å². The maximum atomic E-state index is 4.61. The summed E-state index contributed by atoms with van der Waals surface area (Å²) in [4.78, 5) is 4.61. The Morgan fingerprint density at radius 3 is 2.62 bits per heavy atom. The van der Waals surface area contributed by atoms with Crippen LogP contribution in [-0.4, -0.2) is 22.7 Å². The van der Waals surface area contributed by atoms with E-state index >= 15 is 0 Å². The molecule has 0 unspecified atom stereocenters. The zero-order valence-electron chi connectivity index (χ0n) is 9.69. The third kappa shape index (κ3) is 1.47. The van der Waals surface area contributed by atoms with Crippen molar-refractivity contribution in [3.8, 4) is 0 Å². The fourth-order valence-corrected chi connectivity index (χ4v) is 2.57. The molecule has 0 atom stereocenters. The van der Waals surface area contributed by atoms with E-state index in [9.17, 15) is 0 Å². The number of fused-ring (bicyclic) bond motifs is 1. The Morgan fingerprint density at radius 2 is 1.81 bits per heavy atom. The van der Waals surface area contributed by atoms with Crippen LogP contribution in [0.15, 0.2) is 24.3 Å². The summed E-state index contributed by atoms with van der Waals surface area (Å²) in [6, 6.07) is 8.38. The number of benzene rings is 1. The van der Waals surface area contributed by atoms with Crippen molar-refractivity contribution in [2.24, 2.45) is 0 Å². The lowest BCUT2D eigenvalue weighted by molar-refractivity contribution is 0.479. The highest BCUT2D eigenvalue weighted by Crippen LogP contribution is 2.18. The monoisotopic (exact) mass is 215 g/mol. The highest BCUT2D eigenvalue weighted by atomic mass is 15.6. The largest absolute Gasteiger partial charge is 0.311 e. The van der Waals surface area contributed by atoms with Gasteiger partial charge in [0.1, 0.15) is 5.82 Å². The van der Waals surface area contributed by atoms with E-state index in [2.05, 4.69) is 45.9 Å². The maximum absolute atomic E-state index is 4.61. The number of hydrogen-bond acceptors (Lipinski definition) is 2. The normalized spacial score (nSPS) is 16.9. The average molecular weight is 215 g/mol. The molecule has 1 aliphatic heterocycles. The van der Waals surface area contributed by atoms with Gasteiger partial charge in [0.15, 0.2) is 0 Å². The molecule has 1 fully saturated rings. The standard InChI is InChI=1S/C13H17N3/c1-11-14-12-7-3-4-8-13(12)16(11)15-9-5-2-6-10-15/h3-4,7-8H,2,5-6,9-10H2,1H3. The molecule has 16 heavy (non-hydrogen) atoms. The Bertz CT molecular complexity index is 495. The van der Waals surface area contributed by atoms with Crippen molar-refractivity contribution < 1.29 is 0 Å². The minimum atomic E-state index is 1.10. The van der Waals surface area contributed by atoms with Gasteiger partial charge < -0.3 is 5.01 Å². The smallest absolute Gasteiger partial charge is 0.125 e. The molecule has 3 heteroatoms. The van der Waals surface area contributed by atoms with Crippen LogP contribution in [0.2, 0.25) is 0 Å². The van der Waals surface area contributed by atoms with Crippen LogP contribution in [0.5, 0.6) is 0 Å². The van der Waals surface area contributed by atoms with Crippen LogP contribution >= 0.6 is 0 Å². The van der Waals surface area contributed by atoms with E-state index in [4.69, 9.17) is 0 Å². The van der Waals surface area contributed by atoms with Gasteiger partial charge in [0.05, 0.1) is 11.0 Å². The summed E-state index contributed by atoms with van der Waals surface area (Å²) in [6.07, 6.45) is 3.96. The maximum Gasteiger partial charge on any atom is 0.125 e. The minimum absolute atomic E-state index is 1.10. The summed E-state index contributed by atoms with van der Waals surface area (Å²) in [7, 11) is 0. The van der Waals surface area contributed by atoms with Crippen molar-refractivity contribution in [2.75, 3.05) is 18.1 Å². The minimum Gasteiger partial charge on any atom is -0.311 e. The van der Waals surface area contributed by atoms with Gasteiger partial charge in [-0.1, -0.05) is 12.1 Å². The number of aromatic nitrogens is 2. The van der Waals surface area contributed by atoms with E-state index in [1.807, 2.05) is 0 Å². The number of piperidine rings is 1. The Morgan fingerprint density at radius 1 is 1.06 bits per heavy atom. The third-order valence-corrected chi connectivity index (χ3v) is 3.31. The van der Waals surface area contributed by atoms with Crippen molar-refractivity contribution in [1.82, 2.24) is 9.66 Å². The van der Waals surface area contributed by atoms with Gasteiger partial charge in [0.25, 0.3) is 0 Å². The molecule has 84 valence electrons. The molecule has 0 aliphatic carbocycles. The number of rotatable bonds is 1. The van der Waals surface area contributed by atoms with Crippen LogP contribution in [0.1, 0.15) is 25.1 Å². The number of imidazole rings is 1. The summed E-state index contributed by atoms with van der Waals surface area (Å²) in [6.45, 7) is 4.40. The molecule has 1 aliphatic rings. The molecule has 2 aromatic rings. The molecular weight excluding hydrogens is 198 g/mol. The van der Waals surface area contributed by atoms with Crippen LogP contribution in [-0.2, 0) is 0 Å². The summed E-state index contributed by atoms with van der Waals surface area (Å²) in [5.74, 6) is 1.10. The van der Waals surface area contributed by atoms with E-state index < -0.39 is 0 Å². The first-order valence-corrected chi connectivity index (χ1v) is 6.05. The molecule has 0 radical (unpaired) electrons. The summed E-state index contributed by atoms with van der Waals surface area (Å²) < 4.78 is 2.29. The SMILES string of the molecule is Cc1nc2ccccc2n1N1CCCCC1. The number of para-hydroxylation sites is 2. The van der Waals surface area contributed by atoms with Gasteiger partial charge in [-0.2, -0.15) is 0 Å². The zero-order chi connectivity index (χ0) is 11.0. The average Bonchev–Trinajstić information content (AvgIpc) is 2.66. The molecule has 2 heterocycles. The van der Waals surface area contributed by atoms with Gasteiger partial charge in [-0.15, -0.1) is 0 Å². The van der Waals surface area contributed by atoms with Crippen LogP contribution in [0.3, 0.4) is 0 Å². The fourth-order valence-electron chi connectivity index (χ4n) is 2.57. The van der Waals surface area contributed by atoms with E-state index in [0.717, 1.165) is 24.4 Å². The first-order chi connectivity index (χ1) is 7.86. The van der Waals surface area contributed by atoms with Crippen LogP contribution in [0, 0.1) is 6.92 Å². The Labute approximate surface area is 95.7 Å². The van der Waals surface area contributed by atoms with Crippen LogP contribution in [0.4, 0.5) is 0 Å². The highest BCUT2D eigenvalue weighted by Gasteiger charge is 2.15. The van der Waals surface area contributed by atoms with E-state index in [-0.39, 0.29) is 0 Å². The summed E-state index contributed by atoms with van der Waals surface area (Å²) in [5, 5.41) is 2.42. The lowest BCUT2D eigenvalue weighted by Gasteiger charge is -2.30. The molecule has 3 rings (SSSR count). The second-order valence-corrected chi connectivity index (χ2v) is 4.47. The van der Waals surface area contributed by atoms with E-state index in [0.29, 0.717) is 0 Å². The van der Waals surface area contributed by atoms with Crippen molar-refractivity contribution in [3.05, 3.63) is 30.1 Å². The third-order valence-electron chi connectivity index (χ3n) is 3.31. The van der Waals surface area contributed by atoms with Crippen LogP contribution < -0.4 is 5.01 Å². The Kier molecular flexibility index (Phi) is 2.31. The molecule has 0 spiro atoms. The first-order valence-electron chi connectivity index (χ1n) is 6.05. The summed E-state index contributed by atoms with van der Waals surface area (Å²) >= 11 is 0. The van der Waals surface area contributed by atoms with Gasteiger partial charge in [-0.05, 0) is 38.3 Å². The van der Waals surface area contributed by atoms with Crippen molar-refractivity contribution in [1.29, 1.82) is 0 Å². The number of nitrogens with zero attached hydrogens (tertiary/aromatic N) is 3. The molecule has 1 aromatic carbocycles. The fraction of sp³-hybridized carbons (Fsp3) is 0.462. The molecule has 3 nitrogen and oxygen atoms in total. The molecular formula is C13H17N3. The lowest BCUT2D eigenvalue weighted by Crippen LogP contribution is -2.39. The molecule has 0 N–H and O–H groups in total.